The molecule has 2 N–H and O–H groups in total. The van der Waals surface area contributed by atoms with Crippen molar-refractivity contribution in [1.82, 2.24) is 5.32 Å². The summed E-state index contributed by atoms with van der Waals surface area (Å²) in [6, 6.07) is 4.79. The molecule has 0 radical (unpaired) electrons. The van der Waals surface area contributed by atoms with Gasteiger partial charge in [0.1, 0.15) is 5.82 Å². The van der Waals surface area contributed by atoms with Gasteiger partial charge >= 0.3 is 0 Å². The van der Waals surface area contributed by atoms with Gasteiger partial charge in [-0.3, -0.25) is 0 Å². The van der Waals surface area contributed by atoms with E-state index in [4.69, 9.17) is 21.4 Å². The minimum Gasteiger partial charge on any atom is -0.394 e. The van der Waals surface area contributed by atoms with Crippen LogP contribution in [-0.2, 0) is 4.74 Å². The SMILES string of the molecule is CC(NCCOCCO)c1ccc(Cl)c(F)c1. The average Bonchev–Trinajstić information content (AvgIpc) is 2.32. The van der Waals surface area contributed by atoms with E-state index in [9.17, 15) is 4.39 Å². The van der Waals surface area contributed by atoms with Crippen molar-refractivity contribution in [3.05, 3.63) is 34.6 Å². The molecule has 1 aromatic rings. The highest BCUT2D eigenvalue weighted by Gasteiger charge is 2.07. The third kappa shape index (κ3) is 5.00. The van der Waals surface area contributed by atoms with Gasteiger partial charge in [-0.15, -0.1) is 0 Å². The number of benzene rings is 1. The van der Waals surface area contributed by atoms with E-state index < -0.39 is 5.82 Å². The maximum Gasteiger partial charge on any atom is 0.142 e. The summed E-state index contributed by atoms with van der Waals surface area (Å²) in [6.07, 6.45) is 0. The molecule has 0 fully saturated rings. The summed E-state index contributed by atoms with van der Waals surface area (Å²) >= 11 is 5.61. The first-order chi connectivity index (χ1) is 8.15. The number of nitrogens with one attached hydrogen (secondary N) is 1. The van der Waals surface area contributed by atoms with Gasteiger partial charge in [-0.1, -0.05) is 17.7 Å². The summed E-state index contributed by atoms with van der Waals surface area (Å²) in [5.41, 5.74) is 0.842. The standard InChI is InChI=1S/C12H17ClFNO2/c1-9(15-4-6-17-7-5-16)10-2-3-11(13)12(14)8-10/h2-3,8-9,15-16H,4-7H2,1H3. The molecule has 17 heavy (non-hydrogen) atoms. The Morgan fingerprint density at radius 1 is 1.47 bits per heavy atom. The Bertz CT molecular complexity index is 349. The van der Waals surface area contributed by atoms with Crippen LogP contribution in [0, 0.1) is 5.82 Å². The van der Waals surface area contributed by atoms with Crippen LogP contribution in [0.25, 0.3) is 0 Å². The molecule has 0 saturated heterocycles. The van der Waals surface area contributed by atoms with Crippen LogP contribution >= 0.6 is 11.6 Å². The van der Waals surface area contributed by atoms with Crippen LogP contribution in [-0.4, -0.2) is 31.5 Å². The first-order valence-corrected chi connectivity index (χ1v) is 5.90. The van der Waals surface area contributed by atoms with Crippen molar-refractivity contribution in [3.63, 3.8) is 0 Å². The normalized spacial score (nSPS) is 12.7. The lowest BCUT2D eigenvalue weighted by atomic mass is 10.1. The molecule has 0 heterocycles. The van der Waals surface area contributed by atoms with Gasteiger partial charge in [-0.25, -0.2) is 4.39 Å². The molecular formula is C12H17ClFNO2. The quantitative estimate of drug-likeness (QED) is 0.739. The van der Waals surface area contributed by atoms with Crippen molar-refractivity contribution in [2.75, 3.05) is 26.4 Å². The molecular weight excluding hydrogens is 245 g/mol. The molecule has 0 aliphatic heterocycles. The largest absolute Gasteiger partial charge is 0.394 e. The zero-order chi connectivity index (χ0) is 12.7. The summed E-state index contributed by atoms with van der Waals surface area (Å²) in [7, 11) is 0. The van der Waals surface area contributed by atoms with E-state index in [-0.39, 0.29) is 17.7 Å². The molecule has 1 aromatic carbocycles. The summed E-state index contributed by atoms with van der Waals surface area (Å²) in [4.78, 5) is 0. The van der Waals surface area contributed by atoms with E-state index >= 15 is 0 Å². The predicted molar refractivity (Wildman–Crippen MR) is 65.7 cm³/mol. The fraction of sp³-hybridized carbons (Fsp3) is 0.500. The van der Waals surface area contributed by atoms with Gasteiger partial charge in [0.05, 0.1) is 24.8 Å². The van der Waals surface area contributed by atoms with E-state index in [2.05, 4.69) is 5.32 Å². The molecule has 1 unspecified atom stereocenters. The van der Waals surface area contributed by atoms with Crippen LogP contribution in [0.15, 0.2) is 18.2 Å². The number of rotatable bonds is 7. The Labute approximate surface area is 106 Å². The molecule has 0 aromatic heterocycles. The number of halogens is 2. The van der Waals surface area contributed by atoms with Crippen LogP contribution in [0.5, 0.6) is 0 Å². The lowest BCUT2D eigenvalue weighted by molar-refractivity contribution is 0.0928. The zero-order valence-corrected chi connectivity index (χ0v) is 10.5. The van der Waals surface area contributed by atoms with Crippen molar-refractivity contribution >= 4 is 11.6 Å². The molecule has 96 valence electrons. The van der Waals surface area contributed by atoms with Crippen LogP contribution < -0.4 is 5.32 Å². The molecule has 0 aliphatic carbocycles. The van der Waals surface area contributed by atoms with E-state index in [1.165, 1.54) is 6.07 Å². The van der Waals surface area contributed by atoms with Crippen molar-refractivity contribution in [2.24, 2.45) is 0 Å². The number of hydrogen-bond donors (Lipinski definition) is 2. The summed E-state index contributed by atoms with van der Waals surface area (Å²) in [5.74, 6) is -0.408. The minimum absolute atomic E-state index is 0.0257. The second-order valence-corrected chi connectivity index (χ2v) is 4.09. The number of hydrogen-bond acceptors (Lipinski definition) is 3. The van der Waals surface area contributed by atoms with Gasteiger partial charge in [0.2, 0.25) is 0 Å². The van der Waals surface area contributed by atoms with Crippen LogP contribution in [0.2, 0.25) is 5.02 Å². The number of aliphatic hydroxyl groups excluding tert-OH is 1. The lowest BCUT2D eigenvalue weighted by Gasteiger charge is -2.14. The van der Waals surface area contributed by atoms with Crippen molar-refractivity contribution < 1.29 is 14.2 Å². The van der Waals surface area contributed by atoms with Gasteiger partial charge in [0.15, 0.2) is 0 Å². The smallest absolute Gasteiger partial charge is 0.142 e. The Kier molecular flexibility index (Phi) is 6.44. The molecule has 5 heteroatoms. The highest BCUT2D eigenvalue weighted by molar-refractivity contribution is 6.30. The van der Waals surface area contributed by atoms with Crippen LogP contribution in [0.4, 0.5) is 4.39 Å². The minimum atomic E-state index is -0.408. The van der Waals surface area contributed by atoms with E-state index in [1.807, 2.05) is 6.92 Å². The fourth-order valence-corrected chi connectivity index (χ4v) is 1.53. The molecule has 3 nitrogen and oxygen atoms in total. The van der Waals surface area contributed by atoms with Crippen molar-refractivity contribution in [2.45, 2.75) is 13.0 Å². The second-order valence-electron chi connectivity index (χ2n) is 3.69. The third-order valence-electron chi connectivity index (χ3n) is 2.38. The molecule has 1 atom stereocenters. The summed E-state index contributed by atoms with van der Waals surface area (Å²) < 4.78 is 18.3. The third-order valence-corrected chi connectivity index (χ3v) is 2.68. The Hall–Kier alpha value is -0.680. The predicted octanol–water partition coefficient (Wildman–Crippen LogP) is 2.14. The maximum absolute atomic E-state index is 13.2. The first-order valence-electron chi connectivity index (χ1n) is 5.52. The van der Waals surface area contributed by atoms with Crippen molar-refractivity contribution in [3.8, 4) is 0 Å². The van der Waals surface area contributed by atoms with Gasteiger partial charge < -0.3 is 15.2 Å². The first kappa shape index (κ1) is 14.4. The molecule has 0 saturated carbocycles. The molecule has 0 aliphatic rings. The number of ether oxygens (including phenoxy) is 1. The van der Waals surface area contributed by atoms with E-state index in [0.29, 0.717) is 19.8 Å². The maximum atomic E-state index is 13.2. The van der Waals surface area contributed by atoms with Crippen molar-refractivity contribution in [1.29, 1.82) is 0 Å². The van der Waals surface area contributed by atoms with Crippen LogP contribution in [0.1, 0.15) is 18.5 Å². The van der Waals surface area contributed by atoms with Gasteiger partial charge in [-0.2, -0.15) is 0 Å². The fourth-order valence-electron chi connectivity index (χ4n) is 1.41. The Balaban J connectivity index is 2.36. The zero-order valence-electron chi connectivity index (χ0n) is 9.75. The average molecular weight is 262 g/mol. The highest BCUT2D eigenvalue weighted by atomic mass is 35.5. The molecule has 0 amide bonds. The molecule has 1 rings (SSSR count). The van der Waals surface area contributed by atoms with Gasteiger partial charge in [0, 0.05) is 12.6 Å². The van der Waals surface area contributed by atoms with E-state index in [0.717, 1.165) is 5.56 Å². The highest BCUT2D eigenvalue weighted by Crippen LogP contribution is 2.19. The second kappa shape index (κ2) is 7.61. The summed E-state index contributed by atoms with van der Waals surface area (Å²) in [6.45, 7) is 3.46. The topological polar surface area (TPSA) is 41.5 Å². The Morgan fingerprint density at radius 3 is 2.88 bits per heavy atom. The van der Waals surface area contributed by atoms with E-state index in [1.54, 1.807) is 12.1 Å². The molecule has 0 spiro atoms. The Morgan fingerprint density at radius 2 is 2.24 bits per heavy atom. The van der Waals surface area contributed by atoms with Crippen LogP contribution in [0.3, 0.4) is 0 Å². The summed E-state index contributed by atoms with van der Waals surface area (Å²) in [5, 5.41) is 11.8. The van der Waals surface area contributed by atoms with Gasteiger partial charge in [-0.05, 0) is 24.6 Å². The molecule has 0 bridgehead atoms. The van der Waals surface area contributed by atoms with Gasteiger partial charge in [0.25, 0.3) is 0 Å². The monoisotopic (exact) mass is 261 g/mol. The number of aliphatic hydroxyl groups is 1. The lowest BCUT2D eigenvalue weighted by Crippen LogP contribution is -2.23.